The topological polar surface area (TPSA) is 99.4 Å². The summed E-state index contributed by atoms with van der Waals surface area (Å²) in [6, 6.07) is 18.4. The lowest BCUT2D eigenvalue weighted by Gasteiger charge is -2.48. The van der Waals surface area contributed by atoms with E-state index in [1.54, 1.807) is 0 Å². The number of benzene rings is 2. The SMILES string of the molecule is OC[C@H]1O[C@H](O)[C@@H](OCc2ccccc2)[C@@H](O)[C@@]1(O)Cc1ccccc1. The fraction of sp³-hybridized carbons (Fsp3) is 0.400. The molecule has 0 saturated carbocycles. The molecule has 2 aromatic carbocycles. The molecule has 0 spiro atoms. The van der Waals surface area contributed by atoms with Crippen LogP contribution in [-0.2, 0) is 22.5 Å². The van der Waals surface area contributed by atoms with Crippen molar-refractivity contribution in [3.63, 3.8) is 0 Å². The molecule has 1 aliphatic heterocycles. The van der Waals surface area contributed by atoms with Crippen molar-refractivity contribution in [1.82, 2.24) is 0 Å². The van der Waals surface area contributed by atoms with E-state index in [9.17, 15) is 20.4 Å². The Morgan fingerprint density at radius 2 is 1.50 bits per heavy atom. The predicted octanol–water partition coefficient (Wildman–Crippen LogP) is 0.616. The van der Waals surface area contributed by atoms with Crippen LogP contribution in [-0.4, -0.2) is 57.2 Å². The van der Waals surface area contributed by atoms with E-state index in [0.29, 0.717) is 0 Å². The molecule has 1 saturated heterocycles. The molecule has 6 nitrogen and oxygen atoms in total. The van der Waals surface area contributed by atoms with E-state index >= 15 is 0 Å². The molecule has 0 aliphatic carbocycles. The molecule has 1 fully saturated rings. The van der Waals surface area contributed by atoms with E-state index in [4.69, 9.17) is 9.47 Å². The Morgan fingerprint density at radius 3 is 2.08 bits per heavy atom. The van der Waals surface area contributed by atoms with E-state index in [1.807, 2.05) is 60.7 Å². The minimum Gasteiger partial charge on any atom is -0.394 e. The second kappa shape index (κ2) is 8.26. The van der Waals surface area contributed by atoms with Crippen molar-refractivity contribution in [3.8, 4) is 0 Å². The summed E-state index contributed by atoms with van der Waals surface area (Å²) in [5.41, 5.74) is -0.159. The highest BCUT2D eigenvalue weighted by Crippen LogP contribution is 2.34. The summed E-state index contributed by atoms with van der Waals surface area (Å²) >= 11 is 0. The fourth-order valence-electron chi connectivity index (χ4n) is 3.28. The van der Waals surface area contributed by atoms with Crippen molar-refractivity contribution >= 4 is 0 Å². The molecule has 1 aliphatic rings. The number of aliphatic hydroxyl groups is 4. The van der Waals surface area contributed by atoms with Gasteiger partial charge in [-0.1, -0.05) is 60.7 Å². The standard InChI is InChI=1S/C20H24O6/c21-12-16-20(24,11-14-7-3-1-4-8-14)18(22)17(19(23)26-16)25-13-15-9-5-2-6-10-15/h1-10,16-19,21-24H,11-13H2/t16-,17+,18-,19+,20-/m1/s1. The van der Waals surface area contributed by atoms with Gasteiger partial charge in [0.15, 0.2) is 6.29 Å². The van der Waals surface area contributed by atoms with E-state index in [-0.39, 0.29) is 13.0 Å². The maximum Gasteiger partial charge on any atom is 0.184 e. The van der Waals surface area contributed by atoms with Crippen LogP contribution in [0.3, 0.4) is 0 Å². The van der Waals surface area contributed by atoms with Crippen molar-refractivity contribution in [3.05, 3.63) is 71.8 Å². The Labute approximate surface area is 152 Å². The van der Waals surface area contributed by atoms with Crippen LogP contribution in [0.15, 0.2) is 60.7 Å². The summed E-state index contributed by atoms with van der Waals surface area (Å²) in [4.78, 5) is 0. The summed E-state index contributed by atoms with van der Waals surface area (Å²) < 4.78 is 11.0. The predicted molar refractivity (Wildman–Crippen MR) is 94.1 cm³/mol. The summed E-state index contributed by atoms with van der Waals surface area (Å²) in [5.74, 6) is 0. The van der Waals surface area contributed by atoms with Crippen LogP contribution in [0.1, 0.15) is 11.1 Å². The van der Waals surface area contributed by atoms with Gasteiger partial charge in [0.05, 0.1) is 13.2 Å². The molecule has 140 valence electrons. The van der Waals surface area contributed by atoms with Crippen molar-refractivity contribution in [2.24, 2.45) is 0 Å². The normalized spacial score (nSPS) is 31.7. The molecular formula is C20H24O6. The average Bonchev–Trinajstić information content (AvgIpc) is 2.66. The van der Waals surface area contributed by atoms with Crippen molar-refractivity contribution in [2.45, 2.75) is 43.2 Å². The van der Waals surface area contributed by atoms with Gasteiger partial charge in [0.1, 0.15) is 23.9 Å². The molecule has 0 amide bonds. The molecular weight excluding hydrogens is 336 g/mol. The Kier molecular flexibility index (Phi) is 6.03. The van der Waals surface area contributed by atoms with Crippen LogP contribution in [0, 0.1) is 0 Å². The van der Waals surface area contributed by atoms with E-state index in [0.717, 1.165) is 11.1 Å². The van der Waals surface area contributed by atoms with Crippen LogP contribution in [0.2, 0.25) is 0 Å². The molecule has 5 atom stereocenters. The molecule has 6 heteroatoms. The third-order valence-corrected chi connectivity index (χ3v) is 4.75. The highest BCUT2D eigenvalue weighted by molar-refractivity contribution is 5.20. The molecule has 0 unspecified atom stereocenters. The molecule has 0 radical (unpaired) electrons. The number of aliphatic hydroxyl groups excluding tert-OH is 3. The van der Waals surface area contributed by atoms with Crippen LogP contribution in [0.5, 0.6) is 0 Å². The van der Waals surface area contributed by atoms with Crippen LogP contribution in [0.25, 0.3) is 0 Å². The van der Waals surface area contributed by atoms with Gasteiger partial charge in [-0.15, -0.1) is 0 Å². The molecule has 2 aromatic rings. The Bertz CT molecular complexity index is 679. The smallest absolute Gasteiger partial charge is 0.184 e. The van der Waals surface area contributed by atoms with Gasteiger partial charge in [-0.05, 0) is 11.1 Å². The lowest BCUT2D eigenvalue weighted by molar-refractivity contribution is -0.330. The van der Waals surface area contributed by atoms with Gasteiger partial charge in [-0.3, -0.25) is 0 Å². The second-order valence-corrected chi connectivity index (χ2v) is 6.56. The van der Waals surface area contributed by atoms with Crippen LogP contribution in [0.4, 0.5) is 0 Å². The largest absolute Gasteiger partial charge is 0.394 e. The Balaban J connectivity index is 1.78. The maximum atomic E-state index is 11.1. The second-order valence-electron chi connectivity index (χ2n) is 6.56. The fourth-order valence-corrected chi connectivity index (χ4v) is 3.28. The summed E-state index contributed by atoms with van der Waals surface area (Å²) in [6.07, 6.45) is -5.12. The summed E-state index contributed by atoms with van der Waals surface area (Å²) in [5, 5.41) is 41.7. The van der Waals surface area contributed by atoms with E-state index in [1.165, 1.54) is 0 Å². The third kappa shape index (κ3) is 3.96. The number of rotatable bonds is 6. The Morgan fingerprint density at radius 1 is 0.923 bits per heavy atom. The third-order valence-electron chi connectivity index (χ3n) is 4.75. The molecule has 4 N–H and O–H groups in total. The zero-order valence-electron chi connectivity index (χ0n) is 14.3. The van der Waals surface area contributed by atoms with Crippen molar-refractivity contribution in [1.29, 1.82) is 0 Å². The maximum absolute atomic E-state index is 11.1. The molecule has 3 rings (SSSR count). The first-order valence-corrected chi connectivity index (χ1v) is 8.59. The molecule has 0 bridgehead atoms. The van der Waals surface area contributed by atoms with E-state index in [2.05, 4.69) is 0 Å². The number of hydrogen-bond donors (Lipinski definition) is 4. The monoisotopic (exact) mass is 360 g/mol. The highest BCUT2D eigenvalue weighted by atomic mass is 16.7. The Hall–Kier alpha value is -1.80. The highest BCUT2D eigenvalue weighted by Gasteiger charge is 2.55. The molecule has 1 heterocycles. The first-order valence-electron chi connectivity index (χ1n) is 8.59. The van der Waals surface area contributed by atoms with Crippen molar-refractivity contribution < 1.29 is 29.9 Å². The number of ether oxygens (including phenoxy) is 2. The van der Waals surface area contributed by atoms with Gasteiger partial charge in [-0.2, -0.15) is 0 Å². The minimum atomic E-state index is -1.79. The van der Waals surface area contributed by atoms with E-state index < -0.39 is 36.8 Å². The number of hydrogen-bond acceptors (Lipinski definition) is 6. The zero-order valence-corrected chi connectivity index (χ0v) is 14.3. The average molecular weight is 360 g/mol. The molecule has 26 heavy (non-hydrogen) atoms. The first kappa shape index (κ1) is 19.0. The summed E-state index contributed by atoms with van der Waals surface area (Å²) in [6.45, 7) is -0.392. The lowest BCUT2D eigenvalue weighted by atomic mass is 9.79. The van der Waals surface area contributed by atoms with Gasteiger partial charge in [0.25, 0.3) is 0 Å². The molecule has 0 aromatic heterocycles. The lowest BCUT2D eigenvalue weighted by Crippen LogP contribution is -2.68. The quantitative estimate of drug-likeness (QED) is 0.603. The summed E-state index contributed by atoms with van der Waals surface area (Å²) in [7, 11) is 0. The first-order chi connectivity index (χ1) is 12.5. The minimum absolute atomic E-state index is 0.0537. The van der Waals surface area contributed by atoms with Gasteiger partial charge >= 0.3 is 0 Å². The zero-order chi connectivity index (χ0) is 18.6. The van der Waals surface area contributed by atoms with Gasteiger partial charge < -0.3 is 29.9 Å². The van der Waals surface area contributed by atoms with Gasteiger partial charge in [-0.25, -0.2) is 0 Å². The van der Waals surface area contributed by atoms with Crippen molar-refractivity contribution in [2.75, 3.05) is 6.61 Å². The van der Waals surface area contributed by atoms with Crippen LogP contribution < -0.4 is 0 Å². The van der Waals surface area contributed by atoms with Gasteiger partial charge in [0, 0.05) is 6.42 Å². The van der Waals surface area contributed by atoms with Gasteiger partial charge in [0.2, 0.25) is 0 Å². The van der Waals surface area contributed by atoms with Crippen LogP contribution >= 0.6 is 0 Å².